The Hall–Kier alpha value is -0.920. The highest BCUT2D eigenvalue weighted by atomic mass is 32.2. The molecule has 19 heavy (non-hydrogen) atoms. The molecule has 7 heteroatoms. The van der Waals surface area contributed by atoms with E-state index in [1.165, 1.54) is 6.20 Å². The molecule has 0 aromatic carbocycles. The van der Waals surface area contributed by atoms with Crippen LogP contribution in [0.2, 0.25) is 0 Å². The van der Waals surface area contributed by atoms with Gasteiger partial charge in [-0.25, -0.2) is 8.42 Å². The minimum Gasteiger partial charge on any atom is -0.383 e. The van der Waals surface area contributed by atoms with E-state index in [0.29, 0.717) is 24.8 Å². The van der Waals surface area contributed by atoms with E-state index in [9.17, 15) is 8.42 Å². The van der Waals surface area contributed by atoms with Crippen LogP contribution in [0.25, 0.3) is 0 Å². The number of ether oxygens (including phenoxy) is 1. The van der Waals surface area contributed by atoms with Crippen LogP contribution in [0, 0.1) is 12.8 Å². The summed E-state index contributed by atoms with van der Waals surface area (Å²) in [6, 6.07) is 0.00875. The van der Waals surface area contributed by atoms with Crippen molar-refractivity contribution in [1.82, 2.24) is 14.5 Å². The number of hydrogen-bond donors (Lipinski definition) is 1. The molecule has 1 aromatic heterocycles. The van der Waals surface area contributed by atoms with Crippen molar-refractivity contribution in [2.24, 2.45) is 5.92 Å². The number of hydrogen-bond acceptors (Lipinski definition) is 4. The highest BCUT2D eigenvalue weighted by Gasteiger charge is 2.38. The lowest BCUT2D eigenvalue weighted by molar-refractivity contribution is 0.164. The maximum Gasteiger partial charge on any atom is 0.246 e. The lowest BCUT2D eigenvalue weighted by atomic mass is 10.2. The Kier molecular flexibility index (Phi) is 4.27. The van der Waals surface area contributed by atoms with Crippen LogP contribution in [-0.4, -0.2) is 49.2 Å². The number of nitrogens with one attached hydrogen (secondary N) is 1. The van der Waals surface area contributed by atoms with Crippen molar-refractivity contribution in [3.05, 3.63) is 11.9 Å². The van der Waals surface area contributed by atoms with E-state index in [1.54, 1.807) is 18.3 Å². The molecule has 1 unspecified atom stereocenters. The zero-order chi connectivity index (χ0) is 14.0. The first-order chi connectivity index (χ1) is 8.98. The lowest BCUT2D eigenvalue weighted by Gasteiger charge is -2.28. The number of sulfonamides is 1. The molecule has 1 saturated carbocycles. The average molecular weight is 287 g/mol. The van der Waals surface area contributed by atoms with Crippen LogP contribution in [0.15, 0.2) is 11.1 Å². The number of aromatic amines is 1. The fraction of sp³-hybridized carbons (Fsp3) is 0.750. The van der Waals surface area contributed by atoms with Crippen molar-refractivity contribution in [2.45, 2.75) is 37.6 Å². The number of H-pyrrole nitrogens is 1. The van der Waals surface area contributed by atoms with Gasteiger partial charge in [0.15, 0.2) is 0 Å². The van der Waals surface area contributed by atoms with E-state index in [0.717, 1.165) is 12.8 Å². The zero-order valence-electron chi connectivity index (χ0n) is 11.6. The smallest absolute Gasteiger partial charge is 0.246 e. The second-order valence-corrected chi connectivity index (χ2v) is 6.90. The Morgan fingerprint density at radius 3 is 2.74 bits per heavy atom. The van der Waals surface area contributed by atoms with Gasteiger partial charge in [0.25, 0.3) is 0 Å². The summed E-state index contributed by atoms with van der Waals surface area (Å²) in [5, 5.41) is 6.49. The summed E-state index contributed by atoms with van der Waals surface area (Å²) in [6.45, 7) is 4.46. The maximum absolute atomic E-state index is 12.7. The second kappa shape index (κ2) is 5.60. The fourth-order valence-electron chi connectivity index (χ4n) is 2.26. The molecular weight excluding hydrogens is 266 g/mol. The van der Waals surface area contributed by atoms with Gasteiger partial charge in [0.1, 0.15) is 4.90 Å². The summed E-state index contributed by atoms with van der Waals surface area (Å²) in [4.78, 5) is 0.260. The quantitative estimate of drug-likeness (QED) is 0.816. The maximum atomic E-state index is 12.7. The molecule has 108 valence electrons. The van der Waals surface area contributed by atoms with E-state index in [1.807, 2.05) is 6.92 Å². The summed E-state index contributed by atoms with van der Waals surface area (Å²) in [5.74, 6) is 0.471. The summed E-state index contributed by atoms with van der Waals surface area (Å²) in [5.41, 5.74) is 0.574. The van der Waals surface area contributed by atoms with E-state index in [4.69, 9.17) is 4.74 Å². The average Bonchev–Trinajstić information content (AvgIpc) is 3.11. The van der Waals surface area contributed by atoms with E-state index in [2.05, 4.69) is 10.2 Å². The van der Waals surface area contributed by atoms with Gasteiger partial charge in [0.05, 0.1) is 18.5 Å². The van der Waals surface area contributed by atoms with Gasteiger partial charge >= 0.3 is 0 Å². The van der Waals surface area contributed by atoms with Gasteiger partial charge in [-0.05, 0) is 32.6 Å². The van der Waals surface area contributed by atoms with Gasteiger partial charge in [-0.15, -0.1) is 0 Å². The number of methoxy groups -OCH3 is 1. The molecule has 1 aliphatic carbocycles. The summed E-state index contributed by atoms with van der Waals surface area (Å²) < 4.78 is 32.0. The molecule has 1 aromatic rings. The Morgan fingerprint density at radius 2 is 2.26 bits per heavy atom. The molecule has 0 bridgehead atoms. The molecule has 0 amide bonds. The third-order valence-electron chi connectivity index (χ3n) is 3.64. The largest absolute Gasteiger partial charge is 0.383 e. The number of nitrogens with zero attached hydrogens (tertiary/aromatic N) is 2. The predicted octanol–water partition coefficient (Wildman–Crippen LogP) is 1.15. The Bertz CT molecular complexity index is 522. The first-order valence-corrected chi connectivity index (χ1v) is 7.93. The summed E-state index contributed by atoms with van der Waals surface area (Å²) >= 11 is 0. The lowest BCUT2D eigenvalue weighted by Crippen LogP contribution is -2.42. The van der Waals surface area contributed by atoms with E-state index < -0.39 is 10.0 Å². The van der Waals surface area contributed by atoms with Crippen molar-refractivity contribution < 1.29 is 13.2 Å². The van der Waals surface area contributed by atoms with Crippen molar-refractivity contribution in [2.75, 3.05) is 20.3 Å². The molecule has 0 spiro atoms. The van der Waals surface area contributed by atoms with Crippen LogP contribution < -0.4 is 0 Å². The van der Waals surface area contributed by atoms with Gasteiger partial charge in [-0.2, -0.15) is 9.40 Å². The van der Waals surface area contributed by atoms with Crippen LogP contribution in [0.3, 0.4) is 0 Å². The molecule has 2 rings (SSSR count). The highest BCUT2D eigenvalue weighted by molar-refractivity contribution is 7.89. The first kappa shape index (κ1) is 14.5. The summed E-state index contributed by atoms with van der Waals surface area (Å²) in [6.07, 6.45) is 3.58. The summed E-state index contributed by atoms with van der Waals surface area (Å²) in [7, 11) is -1.93. The molecule has 0 saturated heterocycles. The van der Waals surface area contributed by atoms with Gasteiger partial charge < -0.3 is 4.74 Å². The Morgan fingerprint density at radius 1 is 1.58 bits per heavy atom. The van der Waals surface area contributed by atoms with Crippen molar-refractivity contribution in [3.63, 3.8) is 0 Å². The Balaban J connectivity index is 2.28. The topological polar surface area (TPSA) is 75.3 Å². The van der Waals surface area contributed by atoms with Crippen LogP contribution in [0.1, 0.15) is 25.5 Å². The molecule has 6 nitrogen and oxygen atoms in total. The van der Waals surface area contributed by atoms with Crippen LogP contribution in [-0.2, 0) is 14.8 Å². The zero-order valence-corrected chi connectivity index (χ0v) is 12.4. The van der Waals surface area contributed by atoms with Gasteiger partial charge in [-0.3, -0.25) is 5.10 Å². The van der Waals surface area contributed by atoms with Crippen LogP contribution in [0.4, 0.5) is 0 Å². The molecule has 0 aliphatic heterocycles. The van der Waals surface area contributed by atoms with Crippen LogP contribution >= 0.6 is 0 Å². The second-order valence-electron chi connectivity index (χ2n) is 5.05. The molecule has 1 N–H and O–H groups in total. The van der Waals surface area contributed by atoms with E-state index >= 15 is 0 Å². The highest BCUT2D eigenvalue weighted by Crippen LogP contribution is 2.37. The van der Waals surface area contributed by atoms with Crippen LogP contribution in [0.5, 0.6) is 0 Å². The van der Waals surface area contributed by atoms with Gasteiger partial charge in [0.2, 0.25) is 10.0 Å². The first-order valence-electron chi connectivity index (χ1n) is 6.49. The molecular formula is C12H21N3O3S. The minimum atomic E-state index is -3.51. The molecule has 1 heterocycles. The monoisotopic (exact) mass is 287 g/mol. The number of aryl methyl sites for hydroxylation is 1. The van der Waals surface area contributed by atoms with Crippen molar-refractivity contribution in [1.29, 1.82) is 0 Å². The SMILES string of the molecule is COCCN(C(C)C1CC1)S(=O)(=O)c1cn[nH]c1C. The standard InChI is InChI=1S/C12H21N3O3S/c1-9-12(8-13-14-9)19(16,17)15(6-7-18-3)10(2)11-4-5-11/h8,10-11H,4-7H2,1-3H3,(H,13,14). The number of aromatic nitrogens is 2. The normalized spacial score (nSPS) is 17.9. The molecule has 1 atom stereocenters. The molecule has 0 radical (unpaired) electrons. The number of rotatable bonds is 7. The Labute approximate surface area is 114 Å². The van der Waals surface area contributed by atoms with Crippen molar-refractivity contribution in [3.8, 4) is 0 Å². The fourth-order valence-corrected chi connectivity index (χ4v) is 4.06. The predicted molar refractivity (Wildman–Crippen MR) is 71.3 cm³/mol. The van der Waals surface area contributed by atoms with Crippen molar-refractivity contribution >= 4 is 10.0 Å². The van der Waals surface area contributed by atoms with E-state index in [-0.39, 0.29) is 10.9 Å². The third kappa shape index (κ3) is 2.98. The molecule has 1 aliphatic rings. The van der Waals surface area contributed by atoms with Gasteiger partial charge in [0, 0.05) is 19.7 Å². The third-order valence-corrected chi connectivity index (χ3v) is 5.74. The minimum absolute atomic E-state index is 0.00875. The molecule has 1 fully saturated rings. The van der Waals surface area contributed by atoms with Gasteiger partial charge in [-0.1, -0.05) is 0 Å².